The lowest BCUT2D eigenvalue weighted by molar-refractivity contribution is -0.141. The molecule has 0 N–H and O–H groups in total. The van der Waals surface area contributed by atoms with Crippen molar-refractivity contribution in [3.05, 3.63) is 60.2 Å². The smallest absolute Gasteiger partial charge is 0.307 e. The van der Waals surface area contributed by atoms with Crippen LogP contribution in [0.1, 0.15) is 25.3 Å². The number of ether oxygens (including phenoxy) is 2. The second-order valence-corrected chi connectivity index (χ2v) is 7.09. The van der Waals surface area contributed by atoms with Crippen molar-refractivity contribution in [3.63, 3.8) is 0 Å². The summed E-state index contributed by atoms with van der Waals surface area (Å²) in [6, 6.07) is 16.9. The average Bonchev–Trinajstić information content (AvgIpc) is 2.77. The summed E-state index contributed by atoms with van der Waals surface area (Å²) in [5.74, 6) is -0.0475. The highest BCUT2D eigenvalue weighted by Gasteiger charge is 2.31. The topological polar surface area (TPSA) is 76.2 Å². The molecule has 0 saturated carbocycles. The monoisotopic (exact) mass is 410 g/mol. The zero-order valence-corrected chi connectivity index (χ0v) is 17.2. The van der Waals surface area contributed by atoms with Crippen molar-refractivity contribution < 1.29 is 23.9 Å². The second-order valence-electron chi connectivity index (χ2n) is 7.09. The lowest BCUT2D eigenvalue weighted by Crippen LogP contribution is -2.46. The van der Waals surface area contributed by atoms with Gasteiger partial charge < -0.3 is 19.3 Å². The molecule has 2 amide bonds. The first kappa shape index (κ1) is 21.4. The molecule has 2 aromatic carbocycles. The Kier molecular flexibility index (Phi) is 7.06. The lowest BCUT2D eigenvalue weighted by Gasteiger charge is -2.33. The first-order chi connectivity index (χ1) is 14.5. The Morgan fingerprint density at radius 2 is 1.77 bits per heavy atom. The summed E-state index contributed by atoms with van der Waals surface area (Å²) in [6.45, 7) is 2.59. The van der Waals surface area contributed by atoms with E-state index >= 15 is 0 Å². The maximum Gasteiger partial charge on any atom is 0.307 e. The molecule has 0 bridgehead atoms. The highest BCUT2D eigenvalue weighted by atomic mass is 16.5. The van der Waals surface area contributed by atoms with Gasteiger partial charge in [-0.15, -0.1) is 0 Å². The average molecular weight is 410 g/mol. The van der Waals surface area contributed by atoms with E-state index in [0.29, 0.717) is 18.0 Å². The number of fused-ring (bicyclic) bond motifs is 1. The van der Waals surface area contributed by atoms with Crippen molar-refractivity contribution in [1.82, 2.24) is 4.90 Å². The third-order valence-corrected chi connectivity index (χ3v) is 5.01. The van der Waals surface area contributed by atoms with Gasteiger partial charge in [-0.1, -0.05) is 42.5 Å². The molecule has 0 radical (unpaired) electrons. The molecule has 0 saturated heterocycles. The molecule has 1 aliphatic rings. The summed E-state index contributed by atoms with van der Waals surface area (Å²) in [7, 11) is 1.33. The van der Waals surface area contributed by atoms with Gasteiger partial charge in [-0.25, -0.2) is 0 Å². The van der Waals surface area contributed by atoms with Crippen LogP contribution in [0, 0.1) is 0 Å². The number of carbonyl (C=O) groups is 3. The summed E-state index contributed by atoms with van der Waals surface area (Å²) in [6.07, 6.45) is -0.346. The number of nitrogens with zero attached hydrogens (tertiary/aromatic N) is 2. The molecule has 3 rings (SSSR count). The van der Waals surface area contributed by atoms with Crippen molar-refractivity contribution >= 4 is 23.5 Å². The fourth-order valence-corrected chi connectivity index (χ4v) is 3.38. The molecule has 158 valence electrons. The normalized spacial score (nSPS) is 15.2. The van der Waals surface area contributed by atoms with Gasteiger partial charge in [0.25, 0.3) is 5.91 Å². The second kappa shape index (κ2) is 9.91. The van der Waals surface area contributed by atoms with Crippen LogP contribution in [0.4, 0.5) is 5.69 Å². The van der Waals surface area contributed by atoms with Crippen LogP contribution in [0.25, 0.3) is 0 Å². The molecule has 1 unspecified atom stereocenters. The molecule has 2 aromatic rings. The van der Waals surface area contributed by atoms with E-state index in [4.69, 9.17) is 9.47 Å². The zero-order valence-electron chi connectivity index (χ0n) is 17.2. The molecule has 0 fully saturated rings. The SMILES string of the molecule is COC(=O)CCN(Cc1ccccc1)C(=O)CCN1C(=O)C(C)Oc2ccccc21. The minimum atomic E-state index is -0.602. The van der Waals surface area contributed by atoms with Crippen LogP contribution in [-0.4, -0.2) is 49.0 Å². The molecule has 30 heavy (non-hydrogen) atoms. The van der Waals surface area contributed by atoms with Gasteiger partial charge >= 0.3 is 5.97 Å². The third-order valence-electron chi connectivity index (χ3n) is 5.01. The Hall–Kier alpha value is -3.35. The Labute approximate surface area is 176 Å². The molecule has 1 aliphatic heterocycles. The van der Waals surface area contributed by atoms with E-state index in [1.54, 1.807) is 16.7 Å². The van der Waals surface area contributed by atoms with Gasteiger partial charge in [-0.05, 0) is 24.6 Å². The summed E-state index contributed by atoms with van der Waals surface area (Å²) in [4.78, 5) is 40.4. The number of methoxy groups -OCH3 is 1. The Balaban J connectivity index is 1.70. The summed E-state index contributed by atoms with van der Waals surface area (Å²) in [5, 5.41) is 0. The van der Waals surface area contributed by atoms with E-state index in [1.165, 1.54) is 7.11 Å². The number of para-hydroxylation sites is 2. The van der Waals surface area contributed by atoms with Gasteiger partial charge in [0, 0.05) is 26.1 Å². The molecule has 1 atom stereocenters. The number of carbonyl (C=O) groups excluding carboxylic acids is 3. The minimum Gasteiger partial charge on any atom is -0.479 e. The van der Waals surface area contributed by atoms with Crippen LogP contribution in [0.15, 0.2) is 54.6 Å². The molecular weight excluding hydrogens is 384 g/mol. The number of esters is 1. The fourth-order valence-electron chi connectivity index (χ4n) is 3.38. The molecule has 1 heterocycles. The largest absolute Gasteiger partial charge is 0.479 e. The first-order valence-electron chi connectivity index (χ1n) is 9.95. The third kappa shape index (κ3) is 5.17. The molecule has 7 nitrogen and oxygen atoms in total. The van der Waals surface area contributed by atoms with Crippen LogP contribution in [-0.2, 0) is 25.7 Å². The van der Waals surface area contributed by atoms with Crippen LogP contribution < -0.4 is 9.64 Å². The van der Waals surface area contributed by atoms with E-state index < -0.39 is 6.10 Å². The summed E-state index contributed by atoms with van der Waals surface area (Å²) < 4.78 is 10.4. The van der Waals surface area contributed by atoms with Gasteiger partial charge in [0.05, 0.1) is 19.2 Å². The van der Waals surface area contributed by atoms with Crippen molar-refractivity contribution in [2.45, 2.75) is 32.4 Å². The molecule has 0 aromatic heterocycles. The summed E-state index contributed by atoms with van der Waals surface area (Å²) in [5.41, 5.74) is 1.63. The van der Waals surface area contributed by atoms with Crippen molar-refractivity contribution in [2.75, 3.05) is 25.1 Å². The van der Waals surface area contributed by atoms with E-state index in [9.17, 15) is 14.4 Å². The highest BCUT2D eigenvalue weighted by Crippen LogP contribution is 2.33. The van der Waals surface area contributed by atoms with Gasteiger partial charge in [0.2, 0.25) is 5.91 Å². The summed E-state index contributed by atoms with van der Waals surface area (Å²) >= 11 is 0. The van der Waals surface area contributed by atoms with Crippen LogP contribution in [0.5, 0.6) is 5.75 Å². The Bertz CT molecular complexity index is 899. The van der Waals surface area contributed by atoms with E-state index in [1.807, 2.05) is 54.6 Å². The predicted octanol–water partition coefficient (Wildman–Crippen LogP) is 2.78. The van der Waals surface area contributed by atoms with E-state index in [2.05, 4.69) is 0 Å². The predicted molar refractivity (Wildman–Crippen MR) is 112 cm³/mol. The number of anilines is 1. The molecule has 0 spiro atoms. The number of hydrogen-bond donors (Lipinski definition) is 0. The van der Waals surface area contributed by atoms with Crippen LogP contribution in [0.2, 0.25) is 0 Å². The van der Waals surface area contributed by atoms with Crippen LogP contribution in [0.3, 0.4) is 0 Å². The number of benzene rings is 2. The maximum atomic E-state index is 13.0. The highest BCUT2D eigenvalue weighted by molar-refractivity contribution is 6.00. The number of hydrogen-bond acceptors (Lipinski definition) is 5. The fraction of sp³-hybridized carbons (Fsp3) is 0.348. The number of rotatable bonds is 8. The Morgan fingerprint density at radius 1 is 1.07 bits per heavy atom. The van der Waals surface area contributed by atoms with Crippen molar-refractivity contribution in [1.29, 1.82) is 0 Å². The molecule has 0 aliphatic carbocycles. The van der Waals surface area contributed by atoms with Gasteiger partial charge in [-0.3, -0.25) is 14.4 Å². The standard InChI is InChI=1S/C23H26N2O5/c1-17-23(28)25(19-10-6-7-11-20(19)30-17)15-12-21(26)24(14-13-22(27)29-2)16-18-8-4-3-5-9-18/h3-11,17H,12-16H2,1-2H3. The van der Waals surface area contributed by atoms with Crippen molar-refractivity contribution in [2.24, 2.45) is 0 Å². The lowest BCUT2D eigenvalue weighted by atomic mass is 10.1. The van der Waals surface area contributed by atoms with Gasteiger partial charge in [0.15, 0.2) is 6.10 Å². The Morgan fingerprint density at radius 3 is 2.50 bits per heavy atom. The maximum absolute atomic E-state index is 13.0. The number of amides is 2. The van der Waals surface area contributed by atoms with E-state index in [-0.39, 0.29) is 43.7 Å². The van der Waals surface area contributed by atoms with Gasteiger partial charge in [0.1, 0.15) is 5.75 Å². The van der Waals surface area contributed by atoms with Crippen molar-refractivity contribution in [3.8, 4) is 5.75 Å². The molecule has 7 heteroatoms. The quantitative estimate of drug-likeness (QED) is 0.626. The van der Waals surface area contributed by atoms with Gasteiger partial charge in [-0.2, -0.15) is 0 Å². The van der Waals surface area contributed by atoms with Crippen LogP contribution >= 0.6 is 0 Å². The van der Waals surface area contributed by atoms with E-state index in [0.717, 1.165) is 5.56 Å². The minimum absolute atomic E-state index is 0.116. The first-order valence-corrected chi connectivity index (χ1v) is 9.95. The zero-order chi connectivity index (χ0) is 21.5. The molecular formula is C23H26N2O5.